The van der Waals surface area contributed by atoms with Gasteiger partial charge in [-0.25, -0.2) is 4.79 Å². The van der Waals surface area contributed by atoms with E-state index >= 15 is 0 Å². The van der Waals surface area contributed by atoms with Crippen molar-refractivity contribution in [2.45, 2.75) is 258 Å². The average molecular weight is 822 g/mol. The first kappa shape index (κ1) is 55.0. The minimum Gasteiger partial charge on any atom is -0.460 e. The molecular weight excluding hydrogens is 723 g/mol. The Labute approximate surface area is 368 Å². The molecule has 0 saturated carbocycles. The first-order chi connectivity index (χ1) is 28.9. The molecule has 0 aliphatic carbocycles. The second kappa shape index (κ2) is 40.1. The van der Waals surface area contributed by atoms with Crippen molar-refractivity contribution < 1.29 is 9.53 Å². The summed E-state index contributed by atoms with van der Waals surface area (Å²) in [6.07, 6.45) is 58.9. The fourth-order valence-corrected chi connectivity index (χ4v) is 8.38. The molecule has 5 nitrogen and oxygen atoms in total. The van der Waals surface area contributed by atoms with Gasteiger partial charge in [0.2, 0.25) is 6.17 Å². The molecule has 0 spiro atoms. The van der Waals surface area contributed by atoms with Crippen molar-refractivity contribution in [3.8, 4) is 0 Å². The molecule has 0 radical (unpaired) electrons. The highest BCUT2D eigenvalue weighted by molar-refractivity contribution is 5.84. The van der Waals surface area contributed by atoms with Crippen LogP contribution in [0.5, 0.6) is 0 Å². The zero-order valence-corrected chi connectivity index (χ0v) is 40.3. The van der Waals surface area contributed by atoms with Crippen molar-refractivity contribution in [1.29, 1.82) is 0 Å². The number of aliphatic imine (C=N–C) groups is 1. The fraction of sp³-hybridized carbons (Fsp3) is 0.815. The van der Waals surface area contributed by atoms with E-state index in [0.29, 0.717) is 0 Å². The number of allylic oxidation sites excluding steroid dienone is 8. The van der Waals surface area contributed by atoms with Crippen LogP contribution >= 0.6 is 0 Å². The van der Waals surface area contributed by atoms with Crippen molar-refractivity contribution >= 4 is 12.2 Å². The molecule has 0 N–H and O–H groups in total. The SMILES string of the molecule is CCCCC/C=C\C/C=C\CCCCCCCCC1(CCCCCCCC/C=C\C/C=C\CCCCC)C=NC(C(=O)OC(C)C)N1CCCN(CCCC)CCCC. The number of rotatable bonds is 42. The van der Waals surface area contributed by atoms with Crippen LogP contribution in [0.2, 0.25) is 0 Å². The van der Waals surface area contributed by atoms with Gasteiger partial charge in [-0.2, -0.15) is 0 Å². The van der Waals surface area contributed by atoms with Gasteiger partial charge in [0.25, 0.3) is 0 Å². The Kier molecular flexibility index (Phi) is 37.4. The number of carbonyl (C=O) groups is 1. The largest absolute Gasteiger partial charge is 0.460 e. The van der Waals surface area contributed by atoms with Gasteiger partial charge in [0.1, 0.15) is 0 Å². The predicted molar refractivity (Wildman–Crippen MR) is 262 cm³/mol. The number of nitrogens with zero attached hydrogens (tertiary/aromatic N) is 3. The second-order valence-electron chi connectivity index (χ2n) is 18.0. The third-order valence-electron chi connectivity index (χ3n) is 12.0. The van der Waals surface area contributed by atoms with Crippen molar-refractivity contribution in [3.63, 3.8) is 0 Å². The topological polar surface area (TPSA) is 45.1 Å². The van der Waals surface area contributed by atoms with Crippen LogP contribution in [-0.2, 0) is 9.53 Å². The maximum Gasteiger partial charge on any atom is 0.346 e. The molecule has 0 amide bonds. The number of hydrogen-bond donors (Lipinski definition) is 0. The number of hydrogen-bond acceptors (Lipinski definition) is 5. The summed E-state index contributed by atoms with van der Waals surface area (Å²) in [5.41, 5.74) is -0.150. The summed E-state index contributed by atoms with van der Waals surface area (Å²) in [5, 5.41) is 0. The average Bonchev–Trinajstić information content (AvgIpc) is 3.58. The molecular formula is C54H99N3O2. The summed E-state index contributed by atoms with van der Waals surface area (Å²) in [5.74, 6) is -0.166. The highest BCUT2D eigenvalue weighted by Crippen LogP contribution is 2.35. The lowest BCUT2D eigenvalue weighted by Gasteiger charge is -2.40. The van der Waals surface area contributed by atoms with Crippen LogP contribution in [0.3, 0.4) is 0 Å². The molecule has 1 aliphatic heterocycles. The summed E-state index contributed by atoms with van der Waals surface area (Å²) in [4.78, 5) is 23.7. The van der Waals surface area contributed by atoms with Gasteiger partial charge in [-0.1, -0.05) is 179 Å². The predicted octanol–water partition coefficient (Wildman–Crippen LogP) is 16.1. The van der Waals surface area contributed by atoms with Crippen molar-refractivity contribution in [2.24, 2.45) is 4.99 Å². The van der Waals surface area contributed by atoms with Gasteiger partial charge in [-0.15, -0.1) is 0 Å². The summed E-state index contributed by atoms with van der Waals surface area (Å²) < 4.78 is 5.84. The van der Waals surface area contributed by atoms with Gasteiger partial charge in [0.05, 0.1) is 11.6 Å². The summed E-state index contributed by atoms with van der Waals surface area (Å²) in [6, 6.07) is 0. The number of carbonyl (C=O) groups excluding carboxylic acids is 1. The molecule has 1 atom stereocenters. The third-order valence-corrected chi connectivity index (χ3v) is 12.0. The Balaban J connectivity index is 2.75. The van der Waals surface area contributed by atoms with Gasteiger partial charge in [0, 0.05) is 12.8 Å². The second-order valence-corrected chi connectivity index (χ2v) is 18.0. The van der Waals surface area contributed by atoms with Crippen molar-refractivity contribution in [3.05, 3.63) is 48.6 Å². The van der Waals surface area contributed by atoms with E-state index in [0.717, 1.165) is 45.2 Å². The van der Waals surface area contributed by atoms with E-state index in [-0.39, 0.29) is 17.6 Å². The Morgan fingerprint density at radius 3 is 1.37 bits per heavy atom. The van der Waals surface area contributed by atoms with E-state index in [1.807, 2.05) is 13.8 Å². The lowest BCUT2D eigenvalue weighted by atomic mass is 9.85. The smallest absolute Gasteiger partial charge is 0.346 e. The van der Waals surface area contributed by atoms with Crippen molar-refractivity contribution in [1.82, 2.24) is 9.80 Å². The fourth-order valence-electron chi connectivity index (χ4n) is 8.38. The minimum absolute atomic E-state index is 0.131. The normalized spacial score (nSPS) is 15.9. The molecule has 5 heteroatoms. The van der Waals surface area contributed by atoms with Crippen LogP contribution in [0.15, 0.2) is 53.6 Å². The first-order valence-corrected chi connectivity index (χ1v) is 25.8. The highest BCUT2D eigenvalue weighted by Gasteiger charge is 2.46. The zero-order chi connectivity index (χ0) is 42.9. The van der Waals surface area contributed by atoms with E-state index in [9.17, 15) is 4.79 Å². The highest BCUT2D eigenvalue weighted by atomic mass is 16.5. The van der Waals surface area contributed by atoms with E-state index in [1.54, 1.807) is 0 Å². The van der Waals surface area contributed by atoms with Gasteiger partial charge < -0.3 is 9.64 Å². The molecule has 1 aliphatic rings. The first-order valence-electron chi connectivity index (χ1n) is 25.8. The van der Waals surface area contributed by atoms with Crippen LogP contribution in [-0.4, -0.2) is 66.0 Å². The van der Waals surface area contributed by atoms with E-state index in [4.69, 9.17) is 9.73 Å². The quantitative estimate of drug-likeness (QED) is 0.0350. The van der Waals surface area contributed by atoms with Gasteiger partial charge in [0.15, 0.2) is 0 Å². The molecule has 1 rings (SSSR count). The number of esters is 1. The Hall–Kier alpha value is -1.98. The van der Waals surface area contributed by atoms with Gasteiger partial charge >= 0.3 is 5.97 Å². The molecule has 0 fully saturated rings. The zero-order valence-electron chi connectivity index (χ0n) is 40.3. The maximum absolute atomic E-state index is 13.6. The molecule has 0 bridgehead atoms. The van der Waals surface area contributed by atoms with Crippen LogP contribution < -0.4 is 0 Å². The Bertz CT molecular complexity index is 1040. The van der Waals surface area contributed by atoms with E-state index < -0.39 is 6.17 Å². The van der Waals surface area contributed by atoms with Crippen LogP contribution in [0.25, 0.3) is 0 Å². The summed E-state index contributed by atoms with van der Waals surface area (Å²) in [7, 11) is 0. The summed E-state index contributed by atoms with van der Waals surface area (Å²) in [6.45, 7) is 17.4. The van der Waals surface area contributed by atoms with Crippen molar-refractivity contribution in [2.75, 3.05) is 26.2 Å². The standard InChI is InChI=1S/C54H99N3O2/c1-7-11-15-17-19-21-23-25-27-29-31-33-35-37-39-41-44-54(45-42-40-38-36-34-32-30-28-26-24-22-20-18-16-12-8-2)50-55-52(53(58)59-51(5)6)57(54)49-43-48-56(46-13-9-3)47-14-10-4/h19-22,25-28,50-52H,7-18,23-24,29-49H2,1-6H3/b21-19-,22-20-,27-25-,28-26-. The van der Waals surface area contributed by atoms with E-state index in [2.05, 4.69) is 92.3 Å². The van der Waals surface area contributed by atoms with Crippen LogP contribution in [0.1, 0.15) is 241 Å². The van der Waals surface area contributed by atoms with E-state index in [1.165, 1.54) is 180 Å². The lowest BCUT2D eigenvalue weighted by molar-refractivity contribution is -0.154. The molecule has 59 heavy (non-hydrogen) atoms. The Morgan fingerprint density at radius 1 is 0.559 bits per heavy atom. The van der Waals surface area contributed by atoms with Gasteiger partial charge in [-0.3, -0.25) is 9.89 Å². The minimum atomic E-state index is -0.508. The molecule has 0 aromatic rings. The third kappa shape index (κ3) is 29.8. The van der Waals surface area contributed by atoms with Crippen LogP contribution in [0.4, 0.5) is 0 Å². The molecule has 342 valence electrons. The van der Waals surface area contributed by atoms with Crippen LogP contribution in [0, 0.1) is 0 Å². The monoisotopic (exact) mass is 822 g/mol. The Morgan fingerprint density at radius 2 is 0.949 bits per heavy atom. The van der Waals surface area contributed by atoms with Gasteiger partial charge in [-0.05, 0) is 130 Å². The number of unbranched alkanes of at least 4 members (excludes halogenated alkanes) is 20. The summed E-state index contributed by atoms with van der Waals surface area (Å²) >= 11 is 0. The lowest BCUT2D eigenvalue weighted by Crippen LogP contribution is -2.53. The molecule has 0 aromatic carbocycles. The molecule has 1 unspecified atom stereocenters. The molecule has 0 saturated heterocycles. The number of ether oxygens (including phenoxy) is 1. The molecule has 0 aromatic heterocycles. The maximum atomic E-state index is 13.6. The molecule has 1 heterocycles.